The van der Waals surface area contributed by atoms with Crippen molar-refractivity contribution in [1.82, 2.24) is 0 Å². The molecule has 2 rings (SSSR count). The Morgan fingerprint density at radius 3 is 2.71 bits per heavy atom. The number of alkyl halides is 3. The van der Waals surface area contributed by atoms with Gasteiger partial charge in [0, 0.05) is 12.0 Å². The maximum atomic E-state index is 12.6. The molecule has 1 saturated heterocycles. The van der Waals surface area contributed by atoms with Crippen LogP contribution in [0.15, 0.2) is 24.3 Å². The van der Waals surface area contributed by atoms with Crippen LogP contribution in [0.5, 0.6) is 0 Å². The molecule has 17 heavy (non-hydrogen) atoms. The van der Waals surface area contributed by atoms with E-state index in [-0.39, 0.29) is 6.04 Å². The first-order chi connectivity index (χ1) is 8.07. The number of benzene rings is 1. The maximum absolute atomic E-state index is 12.6. The van der Waals surface area contributed by atoms with E-state index in [0.717, 1.165) is 37.4 Å². The van der Waals surface area contributed by atoms with Crippen LogP contribution in [0.1, 0.15) is 42.9 Å². The smallest absolute Gasteiger partial charge is 0.340 e. The molecule has 0 amide bonds. The number of hydrogen-bond donors (Lipinski definition) is 1. The van der Waals surface area contributed by atoms with E-state index in [2.05, 4.69) is 5.32 Å². The summed E-state index contributed by atoms with van der Waals surface area (Å²) < 4.78 is 37.8. The van der Waals surface area contributed by atoms with Crippen molar-refractivity contribution in [3.63, 3.8) is 0 Å². The number of nitrogens with two attached hydrogens (primary N) is 1. The van der Waals surface area contributed by atoms with Gasteiger partial charge in [0.1, 0.15) is 6.04 Å². The van der Waals surface area contributed by atoms with Crippen molar-refractivity contribution in [1.29, 1.82) is 0 Å². The summed E-state index contributed by atoms with van der Waals surface area (Å²) in [7, 11) is 0. The molecule has 1 fully saturated rings. The molecule has 0 aromatic heterocycles. The van der Waals surface area contributed by atoms with Crippen LogP contribution in [0, 0.1) is 0 Å². The first kappa shape index (κ1) is 12.4. The highest BCUT2D eigenvalue weighted by Crippen LogP contribution is 2.31. The lowest BCUT2D eigenvalue weighted by atomic mass is 10.00. The molecule has 0 radical (unpaired) electrons. The molecular weight excluding hydrogens is 227 g/mol. The molecule has 4 heteroatoms. The minimum Gasteiger partial charge on any atom is -0.340 e. The van der Waals surface area contributed by atoms with Crippen LogP contribution in [0.3, 0.4) is 0 Å². The molecule has 1 nitrogen and oxygen atoms in total. The summed E-state index contributed by atoms with van der Waals surface area (Å²) in [6.45, 7) is 1.01. The average molecular weight is 244 g/mol. The lowest BCUT2D eigenvalue weighted by Crippen LogP contribution is -2.84. The van der Waals surface area contributed by atoms with E-state index in [1.807, 2.05) is 6.07 Å². The van der Waals surface area contributed by atoms with Crippen LogP contribution in [-0.2, 0) is 6.18 Å². The van der Waals surface area contributed by atoms with Gasteiger partial charge in [-0.1, -0.05) is 12.1 Å². The normalized spacial score (nSPS) is 22.2. The van der Waals surface area contributed by atoms with Crippen molar-refractivity contribution in [2.24, 2.45) is 0 Å². The van der Waals surface area contributed by atoms with Crippen molar-refractivity contribution < 1.29 is 18.5 Å². The lowest BCUT2D eigenvalue weighted by Gasteiger charge is -2.15. The minimum atomic E-state index is -4.24. The zero-order valence-corrected chi connectivity index (χ0v) is 9.63. The highest BCUT2D eigenvalue weighted by Gasteiger charge is 2.31. The van der Waals surface area contributed by atoms with Gasteiger partial charge in [-0.2, -0.15) is 13.2 Å². The van der Waals surface area contributed by atoms with E-state index < -0.39 is 11.7 Å². The second-order valence-electron chi connectivity index (χ2n) is 4.60. The number of hydrogen-bond acceptors (Lipinski definition) is 0. The quantitative estimate of drug-likeness (QED) is 0.782. The first-order valence-electron chi connectivity index (χ1n) is 6.08. The van der Waals surface area contributed by atoms with E-state index in [4.69, 9.17) is 0 Å². The van der Waals surface area contributed by atoms with Crippen molar-refractivity contribution in [3.8, 4) is 0 Å². The Kier molecular flexibility index (Phi) is 3.72. The molecule has 0 saturated carbocycles. The summed E-state index contributed by atoms with van der Waals surface area (Å²) >= 11 is 0. The van der Waals surface area contributed by atoms with Crippen molar-refractivity contribution in [2.75, 3.05) is 6.54 Å². The number of halogens is 3. The Morgan fingerprint density at radius 1 is 1.12 bits per heavy atom. The van der Waals surface area contributed by atoms with E-state index in [1.165, 1.54) is 18.6 Å². The molecule has 0 spiro atoms. The van der Waals surface area contributed by atoms with Crippen LogP contribution >= 0.6 is 0 Å². The van der Waals surface area contributed by atoms with E-state index in [9.17, 15) is 13.2 Å². The van der Waals surface area contributed by atoms with Gasteiger partial charge in [-0.15, -0.1) is 0 Å². The summed E-state index contributed by atoms with van der Waals surface area (Å²) in [4.78, 5) is 0. The van der Waals surface area contributed by atoms with E-state index in [0.29, 0.717) is 0 Å². The fourth-order valence-electron chi connectivity index (χ4n) is 2.37. The highest BCUT2D eigenvalue weighted by molar-refractivity contribution is 5.27. The van der Waals surface area contributed by atoms with Crippen LogP contribution in [-0.4, -0.2) is 6.54 Å². The van der Waals surface area contributed by atoms with Crippen molar-refractivity contribution in [3.05, 3.63) is 35.4 Å². The number of quaternary nitrogens is 1. The van der Waals surface area contributed by atoms with Gasteiger partial charge in [0.15, 0.2) is 0 Å². The van der Waals surface area contributed by atoms with Gasteiger partial charge < -0.3 is 5.32 Å². The standard InChI is InChI=1S/C13H16F3N/c14-13(15,16)11-6-4-5-10(9-11)12-7-2-1-3-8-17-12/h4-6,9,12,17H,1-3,7-8H2/p+1/t12-/m0/s1. The van der Waals surface area contributed by atoms with Crippen LogP contribution in [0.2, 0.25) is 0 Å². The van der Waals surface area contributed by atoms with Gasteiger partial charge >= 0.3 is 6.18 Å². The third kappa shape index (κ3) is 3.22. The Balaban J connectivity index is 2.20. The summed E-state index contributed by atoms with van der Waals surface area (Å²) in [5, 5.41) is 2.17. The van der Waals surface area contributed by atoms with Gasteiger partial charge in [-0.25, -0.2) is 0 Å². The number of rotatable bonds is 1. The molecule has 1 aliphatic rings. The van der Waals surface area contributed by atoms with Crippen molar-refractivity contribution in [2.45, 2.75) is 37.9 Å². The Labute approximate surface area is 99.0 Å². The zero-order valence-electron chi connectivity index (χ0n) is 9.63. The van der Waals surface area contributed by atoms with Gasteiger partial charge in [0.25, 0.3) is 0 Å². The largest absolute Gasteiger partial charge is 0.416 e. The van der Waals surface area contributed by atoms with E-state index >= 15 is 0 Å². The molecule has 0 aliphatic carbocycles. The van der Waals surface area contributed by atoms with Gasteiger partial charge in [-0.05, 0) is 31.4 Å². The monoisotopic (exact) mass is 244 g/mol. The average Bonchev–Trinajstić information content (AvgIpc) is 2.56. The predicted octanol–water partition coefficient (Wildman–Crippen LogP) is 2.88. The Bertz CT molecular complexity index is 365. The third-order valence-electron chi connectivity index (χ3n) is 3.31. The summed E-state index contributed by atoms with van der Waals surface area (Å²) in [6, 6.07) is 5.95. The molecule has 0 unspecified atom stereocenters. The van der Waals surface area contributed by atoms with Crippen LogP contribution in [0.4, 0.5) is 13.2 Å². The molecule has 1 aromatic carbocycles. The summed E-state index contributed by atoms with van der Waals surface area (Å²) in [5.41, 5.74) is 0.273. The molecule has 1 aromatic rings. The van der Waals surface area contributed by atoms with Gasteiger partial charge in [0.2, 0.25) is 0 Å². The fourth-order valence-corrected chi connectivity index (χ4v) is 2.37. The van der Waals surface area contributed by atoms with Crippen LogP contribution in [0.25, 0.3) is 0 Å². The molecule has 1 aliphatic heterocycles. The molecule has 2 N–H and O–H groups in total. The van der Waals surface area contributed by atoms with Gasteiger partial charge in [-0.3, -0.25) is 0 Å². The van der Waals surface area contributed by atoms with Crippen molar-refractivity contribution >= 4 is 0 Å². The predicted molar refractivity (Wildman–Crippen MR) is 59.4 cm³/mol. The minimum absolute atomic E-state index is 0.194. The second kappa shape index (κ2) is 5.08. The third-order valence-corrected chi connectivity index (χ3v) is 3.31. The topological polar surface area (TPSA) is 16.6 Å². The van der Waals surface area contributed by atoms with Gasteiger partial charge in [0.05, 0.1) is 12.1 Å². The maximum Gasteiger partial charge on any atom is 0.416 e. The summed E-state index contributed by atoms with van der Waals surface area (Å²) in [5.74, 6) is 0. The summed E-state index contributed by atoms with van der Waals surface area (Å²) in [6.07, 6.45) is 0.195. The molecule has 1 heterocycles. The van der Waals surface area contributed by atoms with E-state index in [1.54, 1.807) is 0 Å². The second-order valence-corrected chi connectivity index (χ2v) is 4.60. The molecular formula is C13H17F3N+. The fraction of sp³-hybridized carbons (Fsp3) is 0.538. The Morgan fingerprint density at radius 2 is 1.94 bits per heavy atom. The Hall–Kier alpha value is -1.03. The molecule has 1 atom stereocenters. The first-order valence-corrected chi connectivity index (χ1v) is 6.08. The molecule has 0 bridgehead atoms. The highest BCUT2D eigenvalue weighted by atomic mass is 19.4. The van der Waals surface area contributed by atoms with Crippen LogP contribution < -0.4 is 5.32 Å². The SMILES string of the molecule is FC(F)(F)c1cccc([C@@H]2CCCCC[NH2+]2)c1. The molecule has 94 valence electrons. The zero-order chi connectivity index (χ0) is 12.3. The lowest BCUT2D eigenvalue weighted by molar-refractivity contribution is -0.694.